The molecule has 0 aromatic carbocycles. The largest absolute Gasteiger partial charge is 0.314 e. The van der Waals surface area contributed by atoms with Gasteiger partial charge in [0.25, 0.3) is 0 Å². The first kappa shape index (κ1) is 9.75. The summed E-state index contributed by atoms with van der Waals surface area (Å²) >= 11 is 3.06. The molecule has 9 heavy (non-hydrogen) atoms. The second-order valence-electron chi connectivity index (χ2n) is 1.38. The molecular weight excluding hydrogens is 204 g/mol. The van der Waals surface area contributed by atoms with Gasteiger partial charge in [0.15, 0.2) is 5.75 Å². The lowest BCUT2D eigenvalue weighted by Crippen LogP contribution is -2.10. The van der Waals surface area contributed by atoms with Crippen LogP contribution in [0.1, 0.15) is 6.42 Å². The Balaban J connectivity index is 3.09. The molecule has 0 aromatic rings. The van der Waals surface area contributed by atoms with E-state index in [1.54, 1.807) is 14.2 Å². The van der Waals surface area contributed by atoms with Crippen LogP contribution in [-0.4, -0.2) is 25.3 Å². The van der Waals surface area contributed by atoms with Crippen molar-refractivity contribution < 1.29 is 8.37 Å². The molecule has 0 aliphatic heterocycles. The van der Waals surface area contributed by atoms with Gasteiger partial charge in [-0.15, -0.1) is 8.37 Å². The molecular formula is C5H12BrO2S+. The van der Waals surface area contributed by atoms with Gasteiger partial charge in [0.2, 0.25) is 0 Å². The van der Waals surface area contributed by atoms with Gasteiger partial charge in [-0.3, -0.25) is 0 Å². The van der Waals surface area contributed by atoms with Gasteiger partial charge in [-0.2, -0.15) is 0 Å². The third kappa shape index (κ3) is 5.21. The van der Waals surface area contributed by atoms with Gasteiger partial charge in [0.05, 0.1) is 14.2 Å². The Morgan fingerprint density at radius 3 is 2.22 bits per heavy atom. The van der Waals surface area contributed by atoms with Crippen molar-refractivity contribution in [2.24, 2.45) is 0 Å². The average molecular weight is 216 g/mol. The van der Waals surface area contributed by atoms with Crippen molar-refractivity contribution in [2.75, 3.05) is 25.3 Å². The topological polar surface area (TPSA) is 18.5 Å². The molecule has 2 nitrogen and oxygen atoms in total. The van der Waals surface area contributed by atoms with E-state index in [0.717, 1.165) is 17.5 Å². The first-order valence-corrected chi connectivity index (χ1v) is 5.07. The van der Waals surface area contributed by atoms with Crippen LogP contribution in [0.4, 0.5) is 0 Å². The zero-order valence-corrected chi connectivity index (χ0v) is 8.13. The number of halogens is 1. The van der Waals surface area contributed by atoms with Gasteiger partial charge >= 0.3 is 11.5 Å². The second kappa shape index (κ2) is 6.86. The first-order valence-electron chi connectivity index (χ1n) is 2.71. The maximum Gasteiger partial charge on any atom is 0.314 e. The molecule has 0 radical (unpaired) electrons. The van der Waals surface area contributed by atoms with Crippen LogP contribution in [0.5, 0.6) is 0 Å². The van der Waals surface area contributed by atoms with Crippen molar-refractivity contribution in [1.82, 2.24) is 0 Å². The Morgan fingerprint density at radius 2 is 1.89 bits per heavy atom. The Bertz CT molecular complexity index is 58.9. The normalized spacial score (nSPS) is 10.7. The predicted molar refractivity (Wildman–Crippen MR) is 44.7 cm³/mol. The highest BCUT2D eigenvalue weighted by Gasteiger charge is 2.16. The SMILES string of the molecule is CO[S+](CCCBr)OC. The maximum atomic E-state index is 4.99. The molecule has 0 aliphatic carbocycles. The van der Waals surface area contributed by atoms with Gasteiger partial charge in [-0.25, -0.2) is 0 Å². The Hall–Kier alpha value is 0.750. The van der Waals surface area contributed by atoms with Crippen LogP contribution < -0.4 is 0 Å². The minimum atomic E-state index is -0.268. The second-order valence-corrected chi connectivity index (χ2v) is 3.86. The summed E-state index contributed by atoms with van der Waals surface area (Å²) in [5.74, 6) is 0.984. The van der Waals surface area contributed by atoms with Gasteiger partial charge in [0, 0.05) is 11.8 Å². The summed E-state index contributed by atoms with van der Waals surface area (Å²) in [5, 5.41) is 1.02. The molecule has 0 spiro atoms. The van der Waals surface area contributed by atoms with Crippen molar-refractivity contribution in [3.05, 3.63) is 0 Å². The third-order valence-electron chi connectivity index (χ3n) is 0.816. The lowest BCUT2D eigenvalue weighted by Gasteiger charge is -1.95. The Morgan fingerprint density at radius 1 is 1.33 bits per heavy atom. The number of alkyl halides is 1. The van der Waals surface area contributed by atoms with Crippen molar-refractivity contribution >= 4 is 27.4 Å². The minimum absolute atomic E-state index is 0.268. The van der Waals surface area contributed by atoms with Crippen molar-refractivity contribution in [2.45, 2.75) is 6.42 Å². The standard InChI is InChI=1S/C5H12BrO2S/c1-7-9(8-2)5-3-4-6/h3-5H2,1-2H3/q+1. The van der Waals surface area contributed by atoms with Crippen LogP contribution in [0.15, 0.2) is 0 Å². The van der Waals surface area contributed by atoms with Crippen LogP contribution in [0.3, 0.4) is 0 Å². The van der Waals surface area contributed by atoms with E-state index < -0.39 is 0 Å². The number of hydrogen-bond acceptors (Lipinski definition) is 2. The fourth-order valence-corrected chi connectivity index (χ4v) is 1.91. The summed E-state index contributed by atoms with van der Waals surface area (Å²) in [6, 6.07) is 0. The van der Waals surface area contributed by atoms with Crippen LogP contribution in [0, 0.1) is 0 Å². The summed E-state index contributed by atoms with van der Waals surface area (Å²) in [4.78, 5) is 0. The van der Waals surface area contributed by atoms with E-state index in [4.69, 9.17) is 8.37 Å². The first-order chi connectivity index (χ1) is 4.35. The summed E-state index contributed by atoms with van der Waals surface area (Å²) in [5.41, 5.74) is 0. The molecule has 0 unspecified atom stereocenters. The summed E-state index contributed by atoms with van der Waals surface area (Å²) < 4.78 is 9.97. The van der Waals surface area contributed by atoms with Crippen LogP contribution >= 0.6 is 15.9 Å². The number of hydrogen-bond donors (Lipinski definition) is 0. The zero-order valence-electron chi connectivity index (χ0n) is 5.72. The lowest BCUT2D eigenvalue weighted by molar-refractivity contribution is 0.358. The molecule has 0 aromatic heterocycles. The highest BCUT2D eigenvalue weighted by molar-refractivity contribution is 9.09. The minimum Gasteiger partial charge on any atom is -0.144 e. The maximum absolute atomic E-state index is 4.99. The summed E-state index contributed by atoms with van der Waals surface area (Å²) in [6.07, 6.45) is 1.10. The Kier molecular flexibility index (Phi) is 7.44. The van der Waals surface area contributed by atoms with E-state index in [-0.39, 0.29) is 11.5 Å². The molecule has 0 amide bonds. The quantitative estimate of drug-likeness (QED) is 0.512. The fourth-order valence-electron chi connectivity index (χ4n) is 0.407. The highest BCUT2D eigenvalue weighted by atomic mass is 79.9. The van der Waals surface area contributed by atoms with Gasteiger partial charge < -0.3 is 0 Å². The molecule has 4 heteroatoms. The van der Waals surface area contributed by atoms with Crippen molar-refractivity contribution in [3.63, 3.8) is 0 Å². The van der Waals surface area contributed by atoms with E-state index in [0.29, 0.717) is 0 Å². The van der Waals surface area contributed by atoms with Crippen molar-refractivity contribution in [1.29, 1.82) is 0 Å². The predicted octanol–water partition coefficient (Wildman–Crippen LogP) is 1.51. The summed E-state index contributed by atoms with van der Waals surface area (Å²) in [6.45, 7) is 0. The molecule has 0 aliphatic rings. The molecule has 0 bridgehead atoms. The van der Waals surface area contributed by atoms with E-state index in [1.165, 1.54) is 0 Å². The molecule has 0 saturated carbocycles. The van der Waals surface area contributed by atoms with E-state index in [2.05, 4.69) is 15.9 Å². The van der Waals surface area contributed by atoms with E-state index in [9.17, 15) is 0 Å². The molecule has 0 fully saturated rings. The third-order valence-corrected chi connectivity index (χ3v) is 2.74. The van der Waals surface area contributed by atoms with Crippen LogP contribution in [0.2, 0.25) is 0 Å². The molecule has 0 heterocycles. The van der Waals surface area contributed by atoms with E-state index in [1.807, 2.05) is 0 Å². The smallest absolute Gasteiger partial charge is 0.144 e. The van der Waals surface area contributed by atoms with Crippen LogP contribution in [-0.2, 0) is 19.8 Å². The van der Waals surface area contributed by atoms with Gasteiger partial charge in [0.1, 0.15) is 0 Å². The van der Waals surface area contributed by atoms with Gasteiger partial charge in [-0.05, 0) is 0 Å². The fraction of sp³-hybridized carbons (Fsp3) is 1.00. The lowest BCUT2D eigenvalue weighted by atomic mass is 10.6. The molecule has 0 saturated heterocycles. The van der Waals surface area contributed by atoms with Crippen molar-refractivity contribution in [3.8, 4) is 0 Å². The highest BCUT2D eigenvalue weighted by Crippen LogP contribution is 2.01. The van der Waals surface area contributed by atoms with Crippen LogP contribution in [0.25, 0.3) is 0 Å². The summed E-state index contributed by atoms with van der Waals surface area (Å²) in [7, 11) is 3.34. The van der Waals surface area contributed by atoms with Gasteiger partial charge in [-0.1, -0.05) is 15.9 Å². The zero-order chi connectivity index (χ0) is 7.11. The molecule has 0 atom stereocenters. The molecule has 56 valence electrons. The number of rotatable bonds is 5. The monoisotopic (exact) mass is 215 g/mol. The average Bonchev–Trinajstić information content (AvgIpc) is 1.91. The molecule has 0 rings (SSSR count). The Labute approximate surface area is 67.8 Å². The molecule has 0 N–H and O–H groups in total. The van der Waals surface area contributed by atoms with E-state index >= 15 is 0 Å².